The number of carbonyl (C=O) groups excluding carboxylic acids is 1. The Bertz CT molecular complexity index is 615. The van der Waals surface area contributed by atoms with Crippen LogP contribution >= 0.6 is 0 Å². The van der Waals surface area contributed by atoms with Crippen LogP contribution in [0.25, 0.3) is 11.1 Å². The zero-order valence-electron chi connectivity index (χ0n) is 9.88. The molecule has 0 aliphatic rings. The minimum Gasteiger partial charge on any atom is -0.478 e. The highest BCUT2D eigenvalue weighted by molar-refractivity contribution is 5.92. The Hall–Kier alpha value is -2.42. The molecular formula is C15H12O3. The van der Waals surface area contributed by atoms with Crippen LogP contribution in [0.4, 0.5) is 0 Å². The molecule has 0 bridgehead atoms. The van der Waals surface area contributed by atoms with Crippen LogP contribution in [0.1, 0.15) is 26.3 Å². The van der Waals surface area contributed by atoms with Crippen LogP contribution in [0.3, 0.4) is 0 Å². The Balaban J connectivity index is 2.60. The predicted molar refractivity (Wildman–Crippen MR) is 69.0 cm³/mol. The van der Waals surface area contributed by atoms with Gasteiger partial charge in [0.25, 0.3) is 0 Å². The molecule has 90 valence electrons. The van der Waals surface area contributed by atoms with Gasteiger partial charge in [0.15, 0.2) is 0 Å². The number of rotatable bonds is 3. The van der Waals surface area contributed by atoms with Crippen LogP contribution in [0, 0.1) is 6.92 Å². The smallest absolute Gasteiger partial charge is 0.335 e. The van der Waals surface area contributed by atoms with E-state index >= 15 is 0 Å². The van der Waals surface area contributed by atoms with Crippen LogP contribution in [0.2, 0.25) is 0 Å². The lowest BCUT2D eigenvalue weighted by Crippen LogP contribution is -2.00. The van der Waals surface area contributed by atoms with Gasteiger partial charge in [0.05, 0.1) is 5.56 Å². The van der Waals surface area contributed by atoms with E-state index in [0.29, 0.717) is 11.1 Å². The van der Waals surface area contributed by atoms with Crippen molar-refractivity contribution in [2.45, 2.75) is 6.92 Å². The molecule has 0 spiro atoms. The summed E-state index contributed by atoms with van der Waals surface area (Å²) in [5.41, 5.74) is 3.24. The second-order valence-corrected chi connectivity index (χ2v) is 4.03. The highest BCUT2D eigenvalue weighted by Gasteiger charge is 2.11. The van der Waals surface area contributed by atoms with E-state index in [0.717, 1.165) is 17.4 Å². The summed E-state index contributed by atoms with van der Waals surface area (Å²) in [4.78, 5) is 21.8. The monoisotopic (exact) mass is 240 g/mol. The van der Waals surface area contributed by atoms with Crippen molar-refractivity contribution in [3.63, 3.8) is 0 Å². The minimum atomic E-state index is -0.944. The van der Waals surface area contributed by atoms with Crippen molar-refractivity contribution >= 4 is 12.3 Å². The number of aldehydes is 1. The lowest BCUT2D eigenvalue weighted by Gasteiger charge is -2.09. The molecule has 2 aromatic rings. The lowest BCUT2D eigenvalue weighted by molar-refractivity contribution is 0.0696. The molecule has 0 aliphatic heterocycles. The molecule has 2 rings (SSSR count). The van der Waals surface area contributed by atoms with Gasteiger partial charge in [0.2, 0.25) is 0 Å². The summed E-state index contributed by atoms with van der Waals surface area (Å²) in [7, 11) is 0. The zero-order chi connectivity index (χ0) is 13.1. The first-order valence-corrected chi connectivity index (χ1v) is 5.52. The maximum atomic E-state index is 11.1. The number of benzene rings is 2. The van der Waals surface area contributed by atoms with Crippen LogP contribution < -0.4 is 0 Å². The molecule has 0 aliphatic carbocycles. The third-order valence-electron chi connectivity index (χ3n) is 2.90. The predicted octanol–water partition coefficient (Wildman–Crippen LogP) is 3.17. The van der Waals surface area contributed by atoms with Crippen molar-refractivity contribution in [3.8, 4) is 11.1 Å². The van der Waals surface area contributed by atoms with Crippen LogP contribution in [0.15, 0.2) is 42.5 Å². The number of aromatic carboxylic acids is 1. The zero-order valence-corrected chi connectivity index (χ0v) is 9.88. The number of carboxylic acid groups (broad SMARTS) is 1. The van der Waals surface area contributed by atoms with Crippen molar-refractivity contribution < 1.29 is 14.7 Å². The van der Waals surface area contributed by atoms with E-state index in [-0.39, 0.29) is 5.56 Å². The van der Waals surface area contributed by atoms with Gasteiger partial charge in [-0.25, -0.2) is 4.79 Å². The Morgan fingerprint density at radius 3 is 2.56 bits per heavy atom. The summed E-state index contributed by atoms with van der Waals surface area (Å²) in [5.74, 6) is -0.944. The van der Waals surface area contributed by atoms with Crippen LogP contribution in [-0.2, 0) is 0 Å². The fourth-order valence-corrected chi connectivity index (χ4v) is 1.96. The molecule has 0 aromatic heterocycles. The molecule has 3 nitrogen and oxygen atoms in total. The molecule has 0 heterocycles. The summed E-state index contributed by atoms with van der Waals surface area (Å²) in [6.45, 7) is 1.77. The van der Waals surface area contributed by atoms with Gasteiger partial charge in [0, 0.05) is 5.56 Å². The van der Waals surface area contributed by atoms with E-state index in [1.54, 1.807) is 37.3 Å². The molecule has 1 N–H and O–H groups in total. The van der Waals surface area contributed by atoms with E-state index < -0.39 is 5.97 Å². The second-order valence-electron chi connectivity index (χ2n) is 4.03. The summed E-state index contributed by atoms with van der Waals surface area (Å²) < 4.78 is 0. The SMILES string of the molecule is Cc1c(C(=O)O)cccc1-c1cccc(C=O)c1. The largest absolute Gasteiger partial charge is 0.478 e. The standard InChI is InChI=1S/C15H12O3/c1-10-13(6-3-7-14(10)15(17)18)12-5-2-4-11(8-12)9-16/h2-9H,1H3,(H,17,18). The fraction of sp³-hybridized carbons (Fsp3) is 0.0667. The molecule has 3 heteroatoms. The van der Waals surface area contributed by atoms with E-state index in [9.17, 15) is 9.59 Å². The summed E-state index contributed by atoms with van der Waals surface area (Å²) in [6, 6.07) is 12.2. The van der Waals surface area contributed by atoms with Crippen molar-refractivity contribution in [2.24, 2.45) is 0 Å². The van der Waals surface area contributed by atoms with Crippen LogP contribution in [-0.4, -0.2) is 17.4 Å². The van der Waals surface area contributed by atoms with Gasteiger partial charge in [0.1, 0.15) is 6.29 Å². The Morgan fingerprint density at radius 2 is 1.89 bits per heavy atom. The molecule has 0 radical (unpaired) electrons. The molecule has 0 fully saturated rings. The Labute approximate surface area is 105 Å². The third-order valence-corrected chi connectivity index (χ3v) is 2.90. The van der Waals surface area contributed by atoms with Crippen molar-refractivity contribution in [2.75, 3.05) is 0 Å². The molecule has 0 saturated carbocycles. The molecule has 2 aromatic carbocycles. The van der Waals surface area contributed by atoms with E-state index in [1.807, 2.05) is 12.1 Å². The molecule has 0 amide bonds. The highest BCUT2D eigenvalue weighted by atomic mass is 16.4. The van der Waals surface area contributed by atoms with Gasteiger partial charge < -0.3 is 5.11 Å². The van der Waals surface area contributed by atoms with Crippen LogP contribution in [0.5, 0.6) is 0 Å². The van der Waals surface area contributed by atoms with Crippen molar-refractivity contribution in [1.82, 2.24) is 0 Å². The van der Waals surface area contributed by atoms with Gasteiger partial charge in [-0.1, -0.05) is 30.3 Å². The maximum Gasteiger partial charge on any atom is 0.335 e. The summed E-state index contributed by atoms with van der Waals surface area (Å²) in [5, 5.41) is 9.08. The molecule has 0 saturated heterocycles. The normalized spacial score (nSPS) is 10.1. The molecule has 18 heavy (non-hydrogen) atoms. The topological polar surface area (TPSA) is 54.4 Å². The lowest BCUT2D eigenvalue weighted by atomic mass is 9.95. The number of hydrogen-bond donors (Lipinski definition) is 1. The number of carbonyl (C=O) groups is 2. The summed E-state index contributed by atoms with van der Waals surface area (Å²) >= 11 is 0. The van der Waals surface area contributed by atoms with Gasteiger partial charge in [-0.2, -0.15) is 0 Å². The quantitative estimate of drug-likeness (QED) is 0.838. The van der Waals surface area contributed by atoms with E-state index in [2.05, 4.69) is 0 Å². The van der Waals surface area contributed by atoms with Gasteiger partial charge >= 0.3 is 5.97 Å². The average molecular weight is 240 g/mol. The highest BCUT2D eigenvalue weighted by Crippen LogP contribution is 2.26. The van der Waals surface area contributed by atoms with E-state index in [1.165, 1.54) is 0 Å². The number of hydrogen-bond acceptors (Lipinski definition) is 2. The Kier molecular flexibility index (Phi) is 3.24. The first kappa shape index (κ1) is 12.0. The van der Waals surface area contributed by atoms with Gasteiger partial charge in [-0.05, 0) is 35.7 Å². The van der Waals surface area contributed by atoms with Gasteiger partial charge in [-0.15, -0.1) is 0 Å². The molecule has 0 atom stereocenters. The minimum absolute atomic E-state index is 0.281. The fourth-order valence-electron chi connectivity index (χ4n) is 1.96. The second kappa shape index (κ2) is 4.84. The van der Waals surface area contributed by atoms with Gasteiger partial charge in [-0.3, -0.25) is 4.79 Å². The first-order chi connectivity index (χ1) is 8.63. The summed E-state index contributed by atoms with van der Waals surface area (Å²) in [6.07, 6.45) is 0.778. The van der Waals surface area contributed by atoms with E-state index in [4.69, 9.17) is 5.11 Å². The average Bonchev–Trinajstić information content (AvgIpc) is 2.38. The molecular weight excluding hydrogens is 228 g/mol. The maximum absolute atomic E-state index is 11.1. The molecule has 0 unspecified atom stereocenters. The third kappa shape index (κ3) is 2.15. The Morgan fingerprint density at radius 1 is 1.17 bits per heavy atom. The first-order valence-electron chi connectivity index (χ1n) is 5.52. The van der Waals surface area contributed by atoms with Crippen molar-refractivity contribution in [3.05, 3.63) is 59.2 Å². The number of carboxylic acids is 1. The van der Waals surface area contributed by atoms with Crippen molar-refractivity contribution in [1.29, 1.82) is 0 Å².